The average molecular weight is 285 g/mol. The van der Waals surface area contributed by atoms with Gasteiger partial charge >= 0.3 is 0 Å². The van der Waals surface area contributed by atoms with Crippen LogP contribution in [0.3, 0.4) is 0 Å². The van der Waals surface area contributed by atoms with Gasteiger partial charge in [-0.05, 0) is 28.9 Å². The van der Waals surface area contributed by atoms with Crippen molar-refractivity contribution in [3.8, 4) is 11.5 Å². The fraction of sp³-hybridized carbons (Fsp3) is 0.333. The number of halogens is 1. The molecule has 16 heavy (non-hydrogen) atoms. The standard InChI is InChI=1S/C12H13BrO3/c1-6-8(7(2)14)5-9(13)11-10(6)15-12(3,4)16-11/h5,14H,2H2,1,3-4H3. The van der Waals surface area contributed by atoms with E-state index in [0.29, 0.717) is 17.1 Å². The average Bonchev–Trinajstić information content (AvgIpc) is 2.48. The van der Waals surface area contributed by atoms with Crippen LogP contribution in [-0.4, -0.2) is 10.9 Å². The van der Waals surface area contributed by atoms with Crippen molar-refractivity contribution < 1.29 is 14.6 Å². The van der Waals surface area contributed by atoms with E-state index in [9.17, 15) is 5.11 Å². The van der Waals surface area contributed by atoms with Crippen molar-refractivity contribution in [2.24, 2.45) is 0 Å². The van der Waals surface area contributed by atoms with Crippen molar-refractivity contribution in [3.05, 3.63) is 28.2 Å². The summed E-state index contributed by atoms with van der Waals surface area (Å²) in [6.45, 7) is 9.07. The molecule has 1 aromatic rings. The number of hydrogen-bond acceptors (Lipinski definition) is 3. The molecule has 0 aliphatic carbocycles. The molecular formula is C12H13BrO3. The molecule has 1 aromatic carbocycles. The SMILES string of the molecule is C=C(O)c1cc(Br)c2c(c1C)OC(C)(C)O2. The smallest absolute Gasteiger partial charge is 0.246 e. The second-order valence-electron chi connectivity index (χ2n) is 4.24. The molecule has 0 unspecified atom stereocenters. The highest BCUT2D eigenvalue weighted by Gasteiger charge is 2.35. The van der Waals surface area contributed by atoms with Gasteiger partial charge in [0.15, 0.2) is 11.5 Å². The molecule has 0 bridgehead atoms. The van der Waals surface area contributed by atoms with E-state index in [-0.39, 0.29) is 5.76 Å². The first-order valence-corrected chi connectivity index (χ1v) is 5.70. The lowest BCUT2D eigenvalue weighted by Crippen LogP contribution is -2.29. The summed E-state index contributed by atoms with van der Waals surface area (Å²) in [5.74, 6) is 0.678. The molecule has 0 radical (unpaired) electrons. The highest BCUT2D eigenvalue weighted by atomic mass is 79.9. The van der Waals surface area contributed by atoms with Crippen LogP contribution >= 0.6 is 15.9 Å². The Morgan fingerprint density at radius 3 is 2.50 bits per heavy atom. The van der Waals surface area contributed by atoms with Crippen LogP contribution in [0, 0.1) is 6.92 Å². The van der Waals surface area contributed by atoms with Crippen LogP contribution in [0.15, 0.2) is 17.1 Å². The van der Waals surface area contributed by atoms with Crippen LogP contribution in [0.25, 0.3) is 5.76 Å². The number of ether oxygens (including phenoxy) is 2. The minimum absolute atomic E-state index is 0.0225. The summed E-state index contributed by atoms with van der Waals surface area (Å²) in [5.41, 5.74) is 1.49. The van der Waals surface area contributed by atoms with Crippen molar-refractivity contribution in [3.63, 3.8) is 0 Å². The van der Waals surface area contributed by atoms with Crippen LogP contribution in [-0.2, 0) is 0 Å². The van der Waals surface area contributed by atoms with Crippen molar-refractivity contribution in [1.82, 2.24) is 0 Å². The molecule has 1 heterocycles. The highest BCUT2D eigenvalue weighted by Crippen LogP contribution is 2.48. The van der Waals surface area contributed by atoms with Crippen molar-refractivity contribution >= 4 is 21.7 Å². The third-order valence-electron chi connectivity index (χ3n) is 2.45. The van der Waals surface area contributed by atoms with E-state index in [0.717, 1.165) is 10.0 Å². The Hall–Kier alpha value is -1.16. The minimum atomic E-state index is -0.676. The van der Waals surface area contributed by atoms with Crippen molar-refractivity contribution in [2.75, 3.05) is 0 Å². The molecule has 1 N–H and O–H groups in total. The number of aliphatic hydroxyl groups is 1. The molecule has 4 heteroatoms. The van der Waals surface area contributed by atoms with E-state index >= 15 is 0 Å². The van der Waals surface area contributed by atoms with E-state index in [1.807, 2.05) is 20.8 Å². The van der Waals surface area contributed by atoms with Gasteiger partial charge in [-0.15, -0.1) is 0 Å². The highest BCUT2D eigenvalue weighted by molar-refractivity contribution is 9.10. The summed E-state index contributed by atoms with van der Waals surface area (Å²) in [7, 11) is 0. The molecule has 0 aromatic heterocycles. The quantitative estimate of drug-likeness (QED) is 0.798. The number of fused-ring (bicyclic) bond motifs is 1. The Kier molecular flexibility index (Phi) is 2.42. The van der Waals surface area contributed by atoms with Gasteiger partial charge in [0, 0.05) is 25.0 Å². The molecule has 0 atom stereocenters. The molecule has 3 nitrogen and oxygen atoms in total. The van der Waals surface area contributed by atoms with E-state index < -0.39 is 5.79 Å². The first-order chi connectivity index (χ1) is 7.32. The fourth-order valence-electron chi connectivity index (χ4n) is 1.73. The largest absolute Gasteiger partial charge is 0.508 e. The Morgan fingerprint density at radius 2 is 1.94 bits per heavy atom. The molecule has 1 aliphatic rings. The van der Waals surface area contributed by atoms with Gasteiger partial charge in [0.25, 0.3) is 0 Å². The summed E-state index contributed by atoms with van der Waals surface area (Å²) in [4.78, 5) is 0. The van der Waals surface area contributed by atoms with Gasteiger partial charge in [0.2, 0.25) is 5.79 Å². The van der Waals surface area contributed by atoms with E-state index in [2.05, 4.69) is 22.5 Å². The van der Waals surface area contributed by atoms with Crippen LogP contribution in [0.5, 0.6) is 11.5 Å². The zero-order valence-electron chi connectivity index (χ0n) is 9.43. The van der Waals surface area contributed by atoms with Gasteiger partial charge in [-0.25, -0.2) is 0 Å². The van der Waals surface area contributed by atoms with Crippen LogP contribution in [0.1, 0.15) is 25.0 Å². The topological polar surface area (TPSA) is 38.7 Å². The second kappa shape index (κ2) is 3.42. The third-order valence-corrected chi connectivity index (χ3v) is 3.03. The van der Waals surface area contributed by atoms with Crippen LogP contribution in [0.2, 0.25) is 0 Å². The zero-order chi connectivity index (χ0) is 12.1. The maximum atomic E-state index is 9.48. The van der Waals surface area contributed by atoms with Gasteiger partial charge in [0.05, 0.1) is 4.47 Å². The molecule has 86 valence electrons. The number of rotatable bonds is 1. The van der Waals surface area contributed by atoms with E-state index in [1.54, 1.807) is 6.07 Å². The molecule has 0 saturated heterocycles. The van der Waals surface area contributed by atoms with Crippen molar-refractivity contribution in [2.45, 2.75) is 26.6 Å². The predicted molar refractivity (Wildman–Crippen MR) is 65.9 cm³/mol. The summed E-state index contributed by atoms with van der Waals surface area (Å²) in [6.07, 6.45) is 0. The summed E-state index contributed by atoms with van der Waals surface area (Å²) in [6, 6.07) is 1.78. The maximum absolute atomic E-state index is 9.48. The van der Waals surface area contributed by atoms with Gasteiger partial charge < -0.3 is 14.6 Å². The monoisotopic (exact) mass is 284 g/mol. The Bertz CT molecular complexity index is 478. The van der Waals surface area contributed by atoms with Crippen molar-refractivity contribution in [1.29, 1.82) is 0 Å². The van der Waals surface area contributed by atoms with Gasteiger partial charge in [0.1, 0.15) is 5.76 Å². The first-order valence-electron chi connectivity index (χ1n) is 4.91. The van der Waals surface area contributed by atoms with E-state index in [4.69, 9.17) is 9.47 Å². The summed E-state index contributed by atoms with van der Waals surface area (Å²) in [5, 5.41) is 9.48. The molecule has 2 rings (SSSR count). The summed E-state index contributed by atoms with van der Waals surface area (Å²) < 4.78 is 12.1. The van der Waals surface area contributed by atoms with E-state index in [1.165, 1.54) is 0 Å². The lowest BCUT2D eigenvalue weighted by atomic mass is 10.1. The van der Waals surface area contributed by atoms with Crippen LogP contribution in [0.4, 0.5) is 0 Å². The minimum Gasteiger partial charge on any atom is -0.508 e. The second-order valence-corrected chi connectivity index (χ2v) is 5.09. The van der Waals surface area contributed by atoms with Crippen LogP contribution < -0.4 is 9.47 Å². The first kappa shape index (κ1) is 11.3. The molecule has 1 aliphatic heterocycles. The molecule has 0 saturated carbocycles. The molecule has 0 spiro atoms. The Balaban J connectivity index is 2.64. The normalized spacial score (nSPS) is 16.2. The zero-order valence-corrected chi connectivity index (χ0v) is 11.0. The Morgan fingerprint density at radius 1 is 1.38 bits per heavy atom. The number of hydrogen-bond donors (Lipinski definition) is 1. The fourth-order valence-corrected chi connectivity index (χ4v) is 2.22. The number of benzene rings is 1. The number of aliphatic hydroxyl groups excluding tert-OH is 1. The van der Waals surface area contributed by atoms with Gasteiger partial charge in [-0.1, -0.05) is 6.58 Å². The van der Waals surface area contributed by atoms with Gasteiger partial charge in [-0.3, -0.25) is 0 Å². The molecule has 0 fully saturated rings. The lowest BCUT2D eigenvalue weighted by molar-refractivity contribution is -0.0437. The lowest BCUT2D eigenvalue weighted by Gasteiger charge is -2.16. The third kappa shape index (κ3) is 1.67. The van der Waals surface area contributed by atoms with Gasteiger partial charge in [-0.2, -0.15) is 0 Å². The molecular weight excluding hydrogens is 272 g/mol. The Labute approximate surface area is 103 Å². The predicted octanol–water partition coefficient (Wildman–Crippen LogP) is 3.79. The molecule has 0 amide bonds. The maximum Gasteiger partial charge on any atom is 0.246 e. The summed E-state index contributed by atoms with van der Waals surface area (Å²) >= 11 is 3.40.